The van der Waals surface area contributed by atoms with Crippen LogP contribution in [0.25, 0.3) is 0 Å². The molecule has 0 fully saturated rings. The molecule has 0 heterocycles. The van der Waals surface area contributed by atoms with Gasteiger partial charge in [-0.25, -0.2) is 4.57 Å². The van der Waals surface area contributed by atoms with E-state index in [-0.39, 0.29) is 0 Å². The molecule has 0 aromatic carbocycles. The Balaban J connectivity index is -0.0000000495. The zero-order chi connectivity index (χ0) is 12.6. The topological polar surface area (TPSA) is 227 Å². The lowest BCUT2D eigenvalue weighted by Crippen LogP contribution is -1.81. The van der Waals surface area contributed by atoms with Gasteiger partial charge < -0.3 is 31.9 Å². The van der Waals surface area contributed by atoms with Gasteiger partial charge in [0.05, 0.1) is 19.0 Å². The van der Waals surface area contributed by atoms with Gasteiger partial charge in [0.2, 0.25) is 0 Å². The molecule has 0 saturated carbocycles. The molecule has 10 nitrogen and oxygen atoms in total. The zero-order valence-electron chi connectivity index (χ0n) is 7.16. The van der Waals surface area contributed by atoms with Crippen LogP contribution >= 0.6 is 7.82 Å². The molecule has 0 unspecified atom stereocenters. The molecule has 0 amide bonds. The summed E-state index contributed by atoms with van der Waals surface area (Å²) in [6, 6.07) is 0. The van der Waals surface area contributed by atoms with Crippen molar-refractivity contribution in [2.45, 2.75) is 0 Å². The maximum Gasteiger partial charge on any atom is 0.466 e. The van der Waals surface area contributed by atoms with E-state index in [4.69, 9.17) is 35.5 Å². The van der Waals surface area contributed by atoms with Crippen LogP contribution in [0.4, 0.5) is 0 Å². The zero-order valence-corrected chi connectivity index (χ0v) is 8.06. The summed E-state index contributed by atoms with van der Waals surface area (Å²) in [6.07, 6.45) is 2.25. The second kappa shape index (κ2) is 22.5. The number of nitrogens with two attached hydrogens (primary N) is 3. The van der Waals surface area contributed by atoms with Crippen LogP contribution < -0.4 is 17.2 Å². The summed E-state index contributed by atoms with van der Waals surface area (Å²) in [6.45, 7) is 0. The summed E-state index contributed by atoms with van der Waals surface area (Å²) in [5, 5.41) is 17.6. The van der Waals surface area contributed by atoms with Gasteiger partial charge in [0.15, 0.2) is 0 Å². The Bertz CT molecular complexity index is 146. The number of rotatable bonds is 0. The summed E-state index contributed by atoms with van der Waals surface area (Å²) in [4.78, 5) is 21.6. The smallest absolute Gasteiger partial charge is 0.390 e. The molecule has 0 rings (SSSR count). The molecule has 0 aliphatic carbocycles. The molecule has 0 aromatic heterocycles. The summed E-state index contributed by atoms with van der Waals surface area (Å²) < 4.78 is 8.88. The highest BCUT2D eigenvalue weighted by Crippen LogP contribution is 2.25. The third kappa shape index (κ3) is 435. The molecule has 0 aliphatic heterocycles. The average molecular weight is 230 g/mol. The van der Waals surface area contributed by atoms with Crippen molar-refractivity contribution in [2.24, 2.45) is 17.2 Å². The highest BCUT2D eigenvalue weighted by atomic mass is 31.2. The van der Waals surface area contributed by atoms with Gasteiger partial charge in [0, 0.05) is 0 Å². The molecule has 12 N–H and O–H groups in total. The van der Waals surface area contributed by atoms with Gasteiger partial charge >= 0.3 is 7.82 Å². The van der Waals surface area contributed by atoms with Crippen molar-refractivity contribution in [3.8, 4) is 0 Å². The van der Waals surface area contributed by atoms with Crippen molar-refractivity contribution >= 4 is 26.8 Å². The first-order valence-electron chi connectivity index (χ1n) is 2.65. The Kier molecular flexibility index (Phi) is 36.9. The second-order valence-electron chi connectivity index (χ2n) is 1.01. The summed E-state index contributed by atoms with van der Waals surface area (Å²) in [5.74, 6) is 0. The highest BCUT2D eigenvalue weighted by Gasteiger charge is 2.00. The molecular weight excluding hydrogens is 215 g/mol. The average Bonchev–Trinajstić information content (AvgIpc) is 1.86. The second-order valence-corrected chi connectivity index (χ2v) is 2.04. The van der Waals surface area contributed by atoms with Gasteiger partial charge in [-0.3, -0.25) is 16.2 Å². The molecular formula is C3H15N6O4P. The van der Waals surface area contributed by atoms with Gasteiger partial charge in [0.25, 0.3) is 0 Å². The lowest BCUT2D eigenvalue weighted by Gasteiger charge is -1.82. The Morgan fingerprint density at radius 1 is 0.857 bits per heavy atom. The monoisotopic (exact) mass is 230 g/mol. The molecule has 0 spiro atoms. The van der Waals surface area contributed by atoms with Crippen molar-refractivity contribution in [1.82, 2.24) is 0 Å². The van der Waals surface area contributed by atoms with Crippen molar-refractivity contribution in [3.63, 3.8) is 0 Å². The van der Waals surface area contributed by atoms with E-state index >= 15 is 0 Å². The van der Waals surface area contributed by atoms with Gasteiger partial charge in [0.1, 0.15) is 0 Å². The first kappa shape index (κ1) is 22.9. The number of nitrogens with one attached hydrogen (secondary N) is 3. The van der Waals surface area contributed by atoms with E-state index in [9.17, 15) is 0 Å². The van der Waals surface area contributed by atoms with Crippen LogP contribution in [0.15, 0.2) is 0 Å². The van der Waals surface area contributed by atoms with E-state index < -0.39 is 7.82 Å². The summed E-state index contributed by atoms with van der Waals surface area (Å²) in [7, 11) is -4.64. The number of hydrogen-bond acceptors (Lipinski definition) is 4. The van der Waals surface area contributed by atoms with E-state index in [1.54, 1.807) is 0 Å². The maximum atomic E-state index is 8.88. The Morgan fingerprint density at radius 2 is 0.857 bits per heavy atom. The van der Waals surface area contributed by atoms with Gasteiger partial charge in [-0.2, -0.15) is 0 Å². The Morgan fingerprint density at radius 3 is 0.857 bits per heavy atom. The van der Waals surface area contributed by atoms with Crippen molar-refractivity contribution in [3.05, 3.63) is 0 Å². The minimum atomic E-state index is -4.64. The van der Waals surface area contributed by atoms with E-state index in [0.29, 0.717) is 0 Å². The first-order valence-corrected chi connectivity index (χ1v) is 4.21. The Hall–Kier alpha value is -1.48. The van der Waals surface area contributed by atoms with Crippen LogP contribution in [-0.2, 0) is 4.57 Å². The van der Waals surface area contributed by atoms with Gasteiger partial charge in [-0.1, -0.05) is 0 Å². The third-order valence-corrected chi connectivity index (χ3v) is 0. The predicted molar refractivity (Wildman–Crippen MR) is 53.2 cm³/mol. The van der Waals surface area contributed by atoms with Crippen molar-refractivity contribution in [2.75, 3.05) is 0 Å². The molecule has 0 aliphatic rings. The molecule has 0 atom stereocenters. The standard InChI is InChI=1S/3CH4N2.H3O4P/c3*2-1-3;1-5(2,3)4/h3*1H,(H3,2,3);(H3,1,2,3,4). The molecule has 14 heavy (non-hydrogen) atoms. The number of phosphoric acid groups is 1. The van der Waals surface area contributed by atoms with Crippen molar-refractivity contribution < 1.29 is 19.2 Å². The fraction of sp³-hybridized carbons (Fsp3) is 0. The van der Waals surface area contributed by atoms with E-state index in [0.717, 1.165) is 19.0 Å². The molecule has 11 heteroatoms. The Labute approximate surface area is 80.5 Å². The minimum absolute atomic E-state index is 0.750. The molecule has 0 radical (unpaired) electrons. The van der Waals surface area contributed by atoms with Crippen LogP contribution in [0, 0.1) is 16.2 Å². The maximum absolute atomic E-state index is 8.88. The molecule has 0 aromatic rings. The number of hydrogen-bond donors (Lipinski definition) is 9. The fourth-order valence-electron chi connectivity index (χ4n) is 0. The van der Waals surface area contributed by atoms with E-state index in [1.807, 2.05) is 0 Å². The van der Waals surface area contributed by atoms with Crippen LogP contribution in [0.3, 0.4) is 0 Å². The summed E-state index contributed by atoms with van der Waals surface area (Å²) >= 11 is 0. The first-order chi connectivity index (χ1) is 6.24. The van der Waals surface area contributed by atoms with Crippen molar-refractivity contribution in [1.29, 1.82) is 16.2 Å². The van der Waals surface area contributed by atoms with Crippen LogP contribution in [0.1, 0.15) is 0 Å². The third-order valence-electron chi connectivity index (χ3n) is 0. The highest BCUT2D eigenvalue weighted by molar-refractivity contribution is 7.45. The lowest BCUT2D eigenvalue weighted by atomic mass is 11.4. The van der Waals surface area contributed by atoms with Gasteiger partial charge in [-0.05, 0) is 0 Å². The van der Waals surface area contributed by atoms with E-state index in [1.165, 1.54) is 0 Å². The quantitative estimate of drug-likeness (QED) is 0.126. The lowest BCUT2D eigenvalue weighted by molar-refractivity contribution is 0.275. The SMILES string of the molecule is N=CN.N=CN.N=CN.O=P(O)(O)O. The normalized spacial score (nSPS) is 6.79. The fourth-order valence-corrected chi connectivity index (χ4v) is 0. The largest absolute Gasteiger partial charge is 0.466 e. The van der Waals surface area contributed by atoms with E-state index in [2.05, 4.69) is 17.2 Å². The molecule has 86 valence electrons. The van der Waals surface area contributed by atoms with Gasteiger partial charge in [-0.15, -0.1) is 0 Å². The predicted octanol–water partition coefficient (Wildman–Crippen LogP) is -2.27. The van der Waals surface area contributed by atoms with Crippen LogP contribution in [0.5, 0.6) is 0 Å². The molecule has 0 saturated heterocycles. The molecule has 0 bridgehead atoms. The van der Waals surface area contributed by atoms with Crippen LogP contribution in [-0.4, -0.2) is 33.7 Å². The minimum Gasteiger partial charge on any atom is -0.390 e. The van der Waals surface area contributed by atoms with Crippen LogP contribution in [0.2, 0.25) is 0 Å². The summed E-state index contributed by atoms with van der Waals surface area (Å²) in [5.41, 5.74) is 13.2.